The van der Waals surface area contributed by atoms with E-state index in [1.165, 1.54) is 36.7 Å². The van der Waals surface area contributed by atoms with Gasteiger partial charge >= 0.3 is 0 Å². The van der Waals surface area contributed by atoms with Crippen molar-refractivity contribution in [1.82, 2.24) is 20.1 Å². The fourth-order valence-electron chi connectivity index (χ4n) is 3.26. The minimum Gasteiger partial charge on any atom is -0.453 e. The van der Waals surface area contributed by atoms with Gasteiger partial charge in [0, 0.05) is 12.7 Å². The van der Waals surface area contributed by atoms with Gasteiger partial charge < -0.3 is 10.1 Å². The van der Waals surface area contributed by atoms with Crippen LogP contribution in [0.1, 0.15) is 28.5 Å². The Morgan fingerprint density at radius 3 is 2.59 bits per heavy atom. The van der Waals surface area contributed by atoms with E-state index in [9.17, 15) is 13.6 Å². The number of aromatic nitrogens is 3. The number of ether oxygens (including phenoxy) is 1. The predicted octanol–water partition coefficient (Wildman–Crippen LogP) is 4.83. The number of pyridine rings is 1. The highest BCUT2D eigenvalue weighted by molar-refractivity contribution is 5.95. The van der Waals surface area contributed by atoms with Gasteiger partial charge in [-0.1, -0.05) is 13.0 Å². The standard InChI is InChI=1S/C24H20F2N4O2/c1-2-22-20(15-29-30(22)18-8-6-17(25)7-9-18)24(31)28-13-16-5-10-23(21(26)12-16)32-19-4-3-11-27-14-19/h3-12,14-15H,2,13H2,1H3,(H,28,31). The van der Waals surface area contributed by atoms with Crippen molar-refractivity contribution in [3.8, 4) is 17.2 Å². The first-order valence-electron chi connectivity index (χ1n) is 10.0. The Bertz CT molecular complexity index is 1220. The lowest BCUT2D eigenvalue weighted by atomic mass is 10.1. The summed E-state index contributed by atoms with van der Waals surface area (Å²) in [6, 6.07) is 13.7. The number of nitrogens with one attached hydrogen (secondary N) is 1. The number of halogens is 2. The van der Waals surface area contributed by atoms with Crippen LogP contribution in [-0.2, 0) is 13.0 Å². The second kappa shape index (κ2) is 9.38. The molecular weight excluding hydrogens is 414 g/mol. The molecule has 8 heteroatoms. The first kappa shape index (κ1) is 21.2. The van der Waals surface area contributed by atoms with Gasteiger partial charge in [0.25, 0.3) is 5.91 Å². The van der Waals surface area contributed by atoms with Gasteiger partial charge in [-0.3, -0.25) is 9.78 Å². The number of carbonyl (C=O) groups excluding carboxylic acids is 1. The lowest BCUT2D eigenvalue weighted by Gasteiger charge is -2.10. The molecule has 0 saturated heterocycles. The van der Waals surface area contributed by atoms with Crippen molar-refractivity contribution in [3.05, 3.63) is 102 Å². The summed E-state index contributed by atoms with van der Waals surface area (Å²) in [5.41, 5.74) is 2.35. The average molecular weight is 434 g/mol. The number of nitrogens with zero attached hydrogens (tertiary/aromatic N) is 3. The smallest absolute Gasteiger partial charge is 0.255 e. The molecule has 0 aliphatic carbocycles. The van der Waals surface area contributed by atoms with Crippen LogP contribution in [0.25, 0.3) is 5.69 Å². The van der Waals surface area contributed by atoms with E-state index in [4.69, 9.17) is 4.74 Å². The maximum atomic E-state index is 14.4. The summed E-state index contributed by atoms with van der Waals surface area (Å²) in [5.74, 6) is -0.717. The number of carbonyl (C=O) groups is 1. The maximum absolute atomic E-state index is 14.4. The molecule has 0 fully saturated rings. The molecule has 0 unspecified atom stereocenters. The highest BCUT2D eigenvalue weighted by atomic mass is 19.1. The Morgan fingerprint density at radius 2 is 1.91 bits per heavy atom. The number of hydrogen-bond acceptors (Lipinski definition) is 4. The molecule has 0 atom stereocenters. The van der Waals surface area contributed by atoms with E-state index in [1.54, 1.807) is 41.2 Å². The van der Waals surface area contributed by atoms with Crippen molar-refractivity contribution in [2.45, 2.75) is 19.9 Å². The second-order valence-electron chi connectivity index (χ2n) is 6.98. The zero-order valence-corrected chi connectivity index (χ0v) is 17.3. The van der Waals surface area contributed by atoms with Crippen LogP contribution in [-0.4, -0.2) is 20.7 Å². The molecule has 4 rings (SSSR count). The summed E-state index contributed by atoms with van der Waals surface area (Å²) < 4.78 is 34.7. The minimum absolute atomic E-state index is 0.0712. The van der Waals surface area contributed by atoms with Gasteiger partial charge in [-0.25, -0.2) is 13.5 Å². The van der Waals surface area contributed by atoms with Crippen LogP contribution in [0.3, 0.4) is 0 Å². The normalized spacial score (nSPS) is 10.7. The molecule has 0 saturated carbocycles. The van der Waals surface area contributed by atoms with E-state index in [1.807, 2.05) is 6.92 Å². The summed E-state index contributed by atoms with van der Waals surface area (Å²) in [4.78, 5) is 16.7. The summed E-state index contributed by atoms with van der Waals surface area (Å²) in [7, 11) is 0. The van der Waals surface area contributed by atoms with Crippen LogP contribution in [0, 0.1) is 11.6 Å². The minimum atomic E-state index is -0.543. The molecule has 4 aromatic rings. The third kappa shape index (κ3) is 4.64. The SMILES string of the molecule is CCc1c(C(=O)NCc2ccc(Oc3cccnc3)c(F)c2)cnn1-c1ccc(F)cc1. The van der Waals surface area contributed by atoms with Gasteiger partial charge in [0.05, 0.1) is 29.3 Å². The zero-order chi connectivity index (χ0) is 22.5. The monoisotopic (exact) mass is 434 g/mol. The van der Waals surface area contributed by atoms with Gasteiger partial charge in [-0.15, -0.1) is 0 Å². The molecule has 1 amide bonds. The van der Waals surface area contributed by atoms with Gasteiger partial charge in [-0.05, 0) is 60.5 Å². The Labute approximate surface area is 183 Å². The van der Waals surface area contributed by atoms with Crippen molar-refractivity contribution in [2.24, 2.45) is 0 Å². The first-order valence-corrected chi connectivity index (χ1v) is 10.0. The summed E-state index contributed by atoms with van der Waals surface area (Å²) in [6.45, 7) is 2.04. The molecule has 6 nitrogen and oxygen atoms in total. The molecule has 0 radical (unpaired) electrons. The van der Waals surface area contributed by atoms with Crippen LogP contribution >= 0.6 is 0 Å². The fraction of sp³-hybridized carbons (Fsp3) is 0.125. The number of hydrogen-bond donors (Lipinski definition) is 1. The lowest BCUT2D eigenvalue weighted by Crippen LogP contribution is -2.23. The fourth-order valence-corrected chi connectivity index (χ4v) is 3.26. The highest BCUT2D eigenvalue weighted by Crippen LogP contribution is 2.24. The highest BCUT2D eigenvalue weighted by Gasteiger charge is 2.17. The number of benzene rings is 2. The van der Waals surface area contributed by atoms with Crippen LogP contribution in [0.5, 0.6) is 11.5 Å². The van der Waals surface area contributed by atoms with Crippen molar-refractivity contribution in [1.29, 1.82) is 0 Å². The Balaban J connectivity index is 1.45. The van der Waals surface area contributed by atoms with Crippen LogP contribution < -0.4 is 10.1 Å². The largest absolute Gasteiger partial charge is 0.453 e. The number of rotatable bonds is 7. The molecule has 2 aromatic heterocycles. The second-order valence-corrected chi connectivity index (χ2v) is 6.98. The summed E-state index contributed by atoms with van der Waals surface area (Å²) in [6.07, 6.45) is 5.12. The topological polar surface area (TPSA) is 69.0 Å². The summed E-state index contributed by atoms with van der Waals surface area (Å²) >= 11 is 0. The van der Waals surface area contributed by atoms with E-state index >= 15 is 0 Å². The van der Waals surface area contributed by atoms with Crippen molar-refractivity contribution < 1.29 is 18.3 Å². The van der Waals surface area contributed by atoms with Gasteiger partial charge in [0.1, 0.15) is 11.6 Å². The van der Waals surface area contributed by atoms with E-state index in [0.717, 1.165) is 0 Å². The van der Waals surface area contributed by atoms with Crippen LogP contribution in [0.15, 0.2) is 73.2 Å². The molecule has 1 N–H and O–H groups in total. The molecule has 0 aliphatic rings. The molecule has 0 spiro atoms. The maximum Gasteiger partial charge on any atom is 0.255 e. The Hall–Kier alpha value is -4.07. The summed E-state index contributed by atoms with van der Waals surface area (Å²) in [5, 5.41) is 7.07. The Morgan fingerprint density at radius 1 is 1.09 bits per heavy atom. The predicted molar refractivity (Wildman–Crippen MR) is 115 cm³/mol. The molecule has 0 bridgehead atoms. The quantitative estimate of drug-likeness (QED) is 0.452. The third-order valence-corrected chi connectivity index (χ3v) is 4.83. The van der Waals surface area contributed by atoms with E-state index in [-0.39, 0.29) is 24.0 Å². The average Bonchev–Trinajstić information content (AvgIpc) is 3.24. The first-order chi connectivity index (χ1) is 15.5. The number of amides is 1. The molecule has 32 heavy (non-hydrogen) atoms. The molecule has 2 heterocycles. The van der Waals surface area contributed by atoms with Crippen LogP contribution in [0.2, 0.25) is 0 Å². The van der Waals surface area contributed by atoms with Crippen molar-refractivity contribution in [2.75, 3.05) is 0 Å². The molecule has 162 valence electrons. The van der Waals surface area contributed by atoms with E-state index in [2.05, 4.69) is 15.4 Å². The molecule has 0 aliphatic heterocycles. The van der Waals surface area contributed by atoms with Gasteiger partial charge in [-0.2, -0.15) is 5.10 Å². The van der Waals surface area contributed by atoms with Crippen molar-refractivity contribution in [3.63, 3.8) is 0 Å². The van der Waals surface area contributed by atoms with E-state index in [0.29, 0.717) is 34.7 Å². The zero-order valence-electron chi connectivity index (χ0n) is 17.3. The van der Waals surface area contributed by atoms with E-state index < -0.39 is 5.82 Å². The Kier molecular flexibility index (Phi) is 6.21. The molecular formula is C24H20F2N4O2. The van der Waals surface area contributed by atoms with Gasteiger partial charge in [0.2, 0.25) is 0 Å². The molecule has 2 aromatic carbocycles. The van der Waals surface area contributed by atoms with Gasteiger partial charge in [0.15, 0.2) is 11.6 Å². The van der Waals surface area contributed by atoms with Crippen LogP contribution in [0.4, 0.5) is 8.78 Å². The van der Waals surface area contributed by atoms with Crippen molar-refractivity contribution >= 4 is 5.91 Å². The third-order valence-electron chi connectivity index (χ3n) is 4.83. The lowest BCUT2D eigenvalue weighted by molar-refractivity contribution is 0.0950.